The molecule has 1 unspecified atom stereocenters. The molecule has 164 valence electrons. The van der Waals surface area contributed by atoms with Gasteiger partial charge in [-0.3, -0.25) is 14.5 Å². The van der Waals surface area contributed by atoms with Crippen molar-refractivity contribution in [3.8, 4) is 0 Å². The van der Waals surface area contributed by atoms with Crippen LogP contribution in [-0.4, -0.2) is 51.4 Å². The highest BCUT2D eigenvalue weighted by atomic mass is 16.2. The lowest BCUT2D eigenvalue weighted by molar-refractivity contribution is -0.135. The summed E-state index contributed by atoms with van der Waals surface area (Å²) >= 11 is 0. The molecule has 3 fully saturated rings. The number of fused-ring (bicyclic) bond motifs is 1. The minimum absolute atomic E-state index is 0.0513. The van der Waals surface area contributed by atoms with Crippen LogP contribution in [0.4, 0.5) is 0 Å². The molecule has 1 aromatic rings. The zero-order valence-corrected chi connectivity index (χ0v) is 18.2. The minimum Gasteiger partial charge on any atom is -0.342 e. The highest BCUT2D eigenvalue weighted by Crippen LogP contribution is 2.31. The summed E-state index contributed by atoms with van der Waals surface area (Å²) in [5, 5.41) is 0. The van der Waals surface area contributed by atoms with E-state index in [1.807, 2.05) is 4.90 Å². The van der Waals surface area contributed by atoms with Gasteiger partial charge in [-0.15, -0.1) is 0 Å². The van der Waals surface area contributed by atoms with E-state index in [1.54, 1.807) is 0 Å². The lowest BCUT2D eigenvalue weighted by Crippen LogP contribution is -2.42. The molecule has 0 spiro atoms. The molecule has 2 aliphatic heterocycles. The molecule has 4 aliphatic rings. The molecule has 6 heteroatoms. The second-order valence-corrected chi connectivity index (χ2v) is 9.99. The maximum Gasteiger partial charge on any atom is 0.254 e. The Morgan fingerprint density at radius 3 is 2.43 bits per heavy atom. The Morgan fingerprint density at radius 2 is 1.67 bits per heavy atom. The smallest absolute Gasteiger partial charge is 0.254 e. The molecule has 2 aliphatic carbocycles. The lowest BCUT2D eigenvalue weighted by Gasteiger charge is -2.37. The monoisotopic (exact) mass is 412 g/mol. The number of hydrogen-bond donors (Lipinski definition) is 1. The number of amides is 1. The Hall–Kier alpha value is -1.69. The van der Waals surface area contributed by atoms with E-state index in [4.69, 9.17) is 4.98 Å². The SMILES string of the molecule is O=C(C1CCCCC1)N1CCC(c2nc3c(c(=O)[nH]2)CCN(C2CCCCC2)C3)C1. The molecule has 1 N–H and O–H groups in total. The van der Waals surface area contributed by atoms with E-state index < -0.39 is 0 Å². The number of rotatable bonds is 3. The molecule has 1 saturated heterocycles. The van der Waals surface area contributed by atoms with Crippen LogP contribution in [-0.2, 0) is 17.8 Å². The first-order chi connectivity index (χ1) is 14.7. The van der Waals surface area contributed by atoms with Crippen molar-refractivity contribution in [3.63, 3.8) is 0 Å². The van der Waals surface area contributed by atoms with Gasteiger partial charge in [0.05, 0.1) is 5.69 Å². The van der Waals surface area contributed by atoms with Crippen LogP contribution in [0.5, 0.6) is 0 Å². The first-order valence-electron chi connectivity index (χ1n) is 12.3. The largest absolute Gasteiger partial charge is 0.342 e. The molecule has 3 heterocycles. The number of nitrogens with one attached hydrogen (secondary N) is 1. The van der Waals surface area contributed by atoms with E-state index in [0.29, 0.717) is 18.5 Å². The fraction of sp³-hybridized carbons (Fsp3) is 0.792. The van der Waals surface area contributed by atoms with Gasteiger partial charge in [0.15, 0.2) is 0 Å². The topological polar surface area (TPSA) is 69.3 Å². The van der Waals surface area contributed by atoms with Crippen LogP contribution in [0.3, 0.4) is 0 Å². The zero-order chi connectivity index (χ0) is 20.5. The van der Waals surface area contributed by atoms with Gasteiger partial charge in [0.25, 0.3) is 5.56 Å². The summed E-state index contributed by atoms with van der Waals surface area (Å²) in [7, 11) is 0. The summed E-state index contributed by atoms with van der Waals surface area (Å²) in [6, 6.07) is 0.659. The van der Waals surface area contributed by atoms with E-state index in [2.05, 4.69) is 9.88 Å². The number of nitrogens with zero attached hydrogens (tertiary/aromatic N) is 3. The maximum absolute atomic E-state index is 12.9. The average molecular weight is 413 g/mol. The van der Waals surface area contributed by atoms with Crippen molar-refractivity contribution in [2.45, 2.75) is 95.6 Å². The van der Waals surface area contributed by atoms with Crippen molar-refractivity contribution in [1.29, 1.82) is 0 Å². The van der Waals surface area contributed by atoms with E-state index in [1.165, 1.54) is 51.4 Å². The molecule has 0 bridgehead atoms. The number of carbonyl (C=O) groups excluding carboxylic acids is 1. The molecule has 2 saturated carbocycles. The quantitative estimate of drug-likeness (QED) is 0.827. The van der Waals surface area contributed by atoms with Crippen molar-refractivity contribution < 1.29 is 4.79 Å². The Labute approximate surface area is 179 Å². The number of carbonyl (C=O) groups is 1. The van der Waals surface area contributed by atoms with Crippen LogP contribution in [0.2, 0.25) is 0 Å². The molecular formula is C24H36N4O2. The zero-order valence-electron chi connectivity index (χ0n) is 18.2. The molecule has 6 nitrogen and oxygen atoms in total. The van der Waals surface area contributed by atoms with Crippen molar-refractivity contribution >= 4 is 5.91 Å². The van der Waals surface area contributed by atoms with Crippen LogP contribution in [0.25, 0.3) is 0 Å². The third-order valence-corrected chi connectivity index (χ3v) is 8.05. The van der Waals surface area contributed by atoms with Gasteiger partial charge >= 0.3 is 0 Å². The Balaban J connectivity index is 1.28. The second-order valence-electron chi connectivity index (χ2n) is 9.99. The van der Waals surface area contributed by atoms with Gasteiger partial charge in [0.1, 0.15) is 5.82 Å². The standard InChI is InChI=1S/C24H36N4O2/c29-23-20-12-14-27(19-9-5-2-6-10-19)16-21(20)25-22(26-23)18-11-13-28(15-18)24(30)17-7-3-1-4-8-17/h17-19H,1-16H2,(H,25,26,29). The first kappa shape index (κ1) is 20.2. The Bertz CT molecular complexity index is 823. The molecule has 1 amide bonds. The predicted octanol–water partition coefficient (Wildman–Crippen LogP) is 3.36. The fourth-order valence-electron chi connectivity index (χ4n) is 6.22. The molecule has 30 heavy (non-hydrogen) atoms. The van der Waals surface area contributed by atoms with Gasteiger partial charge in [0, 0.05) is 49.6 Å². The van der Waals surface area contributed by atoms with Crippen LogP contribution in [0.1, 0.15) is 93.6 Å². The molecular weight excluding hydrogens is 376 g/mol. The number of likely N-dealkylation sites (tertiary alicyclic amines) is 1. The van der Waals surface area contributed by atoms with Crippen LogP contribution < -0.4 is 5.56 Å². The van der Waals surface area contributed by atoms with Gasteiger partial charge < -0.3 is 9.88 Å². The lowest BCUT2D eigenvalue weighted by atomic mass is 9.88. The van der Waals surface area contributed by atoms with Crippen molar-refractivity contribution in [3.05, 3.63) is 27.4 Å². The Kier molecular flexibility index (Phi) is 5.94. The highest BCUT2D eigenvalue weighted by molar-refractivity contribution is 5.79. The van der Waals surface area contributed by atoms with Gasteiger partial charge in [-0.2, -0.15) is 0 Å². The van der Waals surface area contributed by atoms with Crippen LogP contribution in [0.15, 0.2) is 4.79 Å². The third-order valence-electron chi connectivity index (χ3n) is 8.05. The van der Waals surface area contributed by atoms with Gasteiger partial charge in [0.2, 0.25) is 5.91 Å². The molecule has 0 aromatic carbocycles. The summed E-state index contributed by atoms with van der Waals surface area (Å²) in [5.41, 5.74) is 1.93. The van der Waals surface area contributed by atoms with E-state index in [0.717, 1.165) is 62.4 Å². The van der Waals surface area contributed by atoms with Gasteiger partial charge in [-0.25, -0.2) is 4.98 Å². The summed E-state index contributed by atoms with van der Waals surface area (Å²) in [4.78, 5) is 38.4. The molecule has 5 rings (SSSR count). The summed E-state index contributed by atoms with van der Waals surface area (Å²) in [6.45, 7) is 3.31. The van der Waals surface area contributed by atoms with Crippen molar-refractivity contribution in [2.24, 2.45) is 5.92 Å². The number of hydrogen-bond acceptors (Lipinski definition) is 4. The highest BCUT2D eigenvalue weighted by Gasteiger charge is 2.34. The fourth-order valence-corrected chi connectivity index (χ4v) is 6.22. The number of H-pyrrole nitrogens is 1. The van der Waals surface area contributed by atoms with Crippen molar-refractivity contribution in [2.75, 3.05) is 19.6 Å². The van der Waals surface area contributed by atoms with Crippen LogP contribution in [0, 0.1) is 5.92 Å². The van der Waals surface area contributed by atoms with E-state index in [-0.39, 0.29) is 17.4 Å². The predicted molar refractivity (Wildman–Crippen MR) is 116 cm³/mol. The molecule has 1 atom stereocenters. The number of aromatic amines is 1. The summed E-state index contributed by atoms with van der Waals surface area (Å²) < 4.78 is 0. The Morgan fingerprint density at radius 1 is 0.933 bits per heavy atom. The minimum atomic E-state index is 0.0513. The normalized spacial score (nSPS) is 26.7. The number of aromatic nitrogens is 2. The van der Waals surface area contributed by atoms with Crippen LogP contribution >= 0.6 is 0 Å². The third kappa shape index (κ3) is 4.08. The molecule has 1 aromatic heterocycles. The van der Waals surface area contributed by atoms with Gasteiger partial charge in [-0.05, 0) is 38.5 Å². The van der Waals surface area contributed by atoms with Crippen molar-refractivity contribution in [1.82, 2.24) is 19.8 Å². The average Bonchev–Trinajstić information content (AvgIpc) is 3.30. The van der Waals surface area contributed by atoms with E-state index >= 15 is 0 Å². The summed E-state index contributed by atoms with van der Waals surface area (Å²) in [6.07, 6.45) is 14.0. The first-order valence-corrected chi connectivity index (χ1v) is 12.3. The van der Waals surface area contributed by atoms with E-state index in [9.17, 15) is 9.59 Å². The molecule has 0 radical (unpaired) electrons. The maximum atomic E-state index is 12.9. The van der Waals surface area contributed by atoms with Gasteiger partial charge in [-0.1, -0.05) is 38.5 Å². The summed E-state index contributed by atoms with van der Waals surface area (Å²) in [5.74, 6) is 1.53. The second kappa shape index (κ2) is 8.81.